The summed E-state index contributed by atoms with van der Waals surface area (Å²) in [5, 5.41) is 2.70. The molecule has 6 nitrogen and oxygen atoms in total. The van der Waals surface area contributed by atoms with Crippen molar-refractivity contribution in [3.63, 3.8) is 0 Å². The van der Waals surface area contributed by atoms with Crippen molar-refractivity contribution in [2.75, 3.05) is 25.0 Å². The van der Waals surface area contributed by atoms with E-state index in [9.17, 15) is 13.2 Å². The van der Waals surface area contributed by atoms with Crippen molar-refractivity contribution in [2.45, 2.75) is 25.2 Å². The average Bonchev–Trinajstić information content (AvgIpc) is 2.62. The Morgan fingerprint density at radius 3 is 2.42 bits per heavy atom. The molecule has 0 unspecified atom stereocenters. The molecular formula is C19H24N2O4S. The second-order valence-electron chi connectivity index (χ2n) is 5.88. The normalized spacial score (nSPS) is 11.2. The van der Waals surface area contributed by atoms with Gasteiger partial charge in [-0.3, -0.25) is 9.52 Å². The van der Waals surface area contributed by atoms with Crippen LogP contribution in [0.5, 0.6) is 0 Å². The van der Waals surface area contributed by atoms with Crippen molar-refractivity contribution in [1.29, 1.82) is 0 Å². The van der Waals surface area contributed by atoms with Crippen LogP contribution in [0.25, 0.3) is 0 Å². The Balaban J connectivity index is 2.23. The minimum absolute atomic E-state index is 0.0413. The standard InChI is InChI=1S/C19H24N2O4S/c1-4-15-6-8-16(9-7-15)21-26(23,24)17-10-5-14(2)18(13-17)19(22)20-11-12-25-3/h5-10,13,21H,4,11-12H2,1-3H3,(H,20,22). The second-order valence-corrected chi connectivity index (χ2v) is 7.56. The van der Waals surface area contributed by atoms with Crippen LogP contribution in [-0.4, -0.2) is 34.6 Å². The van der Waals surface area contributed by atoms with Crippen LogP contribution in [0, 0.1) is 6.92 Å². The fourth-order valence-electron chi connectivity index (χ4n) is 2.40. The summed E-state index contributed by atoms with van der Waals surface area (Å²) in [5.74, 6) is -0.330. The first-order valence-electron chi connectivity index (χ1n) is 8.37. The highest BCUT2D eigenvalue weighted by Gasteiger charge is 2.18. The predicted octanol–water partition coefficient (Wildman–Crippen LogP) is 2.73. The van der Waals surface area contributed by atoms with Crippen LogP contribution in [0.4, 0.5) is 5.69 Å². The zero-order valence-corrected chi connectivity index (χ0v) is 16.0. The molecule has 0 spiro atoms. The first-order chi connectivity index (χ1) is 12.4. The molecule has 0 saturated carbocycles. The van der Waals surface area contributed by atoms with Gasteiger partial charge in [0.1, 0.15) is 0 Å². The number of anilines is 1. The maximum atomic E-state index is 12.6. The minimum atomic E-state index is -3.79. The molecule has 26 heavy (non-hydrogen) atoms. The number of hydrogen-bond acceptors (Lipinski definition) is 4. The Bertz CT molecular complexity index is 862. The number of aryl methyl sites for hydroxylation is 2. The molecule has 2 rings (SSSR count). The highest BCUT2D eigenvalue weighted by Crippen LogP contribution is 2.20. The van der Waals surface area contributed by atoms with E-state index in [1.807, 2.05) is 19.1 Å². The Morgan fingerprint density at radius 2 is 1.81 bits per heavy atom. The van der Waals surface area contributed by atoms with Gasteiger partial charge in [0.25, 0.3) is 15.9 Å². The summed E-state index contributed by atoms with van der Waals surface area (Å²) in [6, 6.07) is 11.7. The largest absolute Gasteiger partial charge is 0.383 e. The molecule has 0 fully saturated rings. The number of sulfonamides is 1. The summed E-state index contributed by atoms with van der Waals surface area (Å²) in [4.78, 5) is 12.3. The van der Waals surface area contributed by atoms with Gasteiger partial charge in [-0.25, -0.2) is 8.42 Å². The van der Waals surface area contributed by atoms with Crippen LogP contribution in [0.2, 0.25) is 0 Å². The topological polar surface area (TPSA) is 84.5 Å². The molecule has 2 aromatic carbocycles. The summed E-state index contributed by atoms with van der Waals surface area (Å²) in [7, 11) is -2.24. The van der Waals surface area contributed by atoms with Gasteiger partial charge in [0.15, 0.2) is 0 Å². The molecule has 2 N–H and O–H groups in total. The molecule has 0 aliphatic rings. The molecular weight excluding hydrogens is 352 g/mol. The molecule has 7 heteroatoms. The third-order valence-corrected chi connectivity index (χ3v) is 5.35. The van der Waals surface area contributed by atoms with Crippen molar-refractivity contribution >= 4 is 21.6 Å². The van der Waals surface area contributed by atoms with Crippen molar-refractivity contribution in [3.05, 3.63) is 59.2 Å². The number of rotatable bonds is 8. The highest BCUT2D eigenvalue weighted by atomic mass is 32.2. The third kappa shape index (κ3) is 5.06. The number of hydrogen-bond donors (Lipinski definition) is 2. The van der Waals surface area contributed by atoms with E-state index >= 15 is 0 Å². The molecule has 0 radical (unpaired) electrons. The number of benzene rings is 2. The van der Waals surface area contributed by atoms with E-state index in [2.05, 4.69) is 10.0 Å². The molecule has 0 bridgehead atoms. The lowest BCUT2D eigenvalue weighted by molar-refractivity contribution is 0.0936. The zero-order valence-electron chi connectivity index (χ0n) is 15.2. The Hall–Kier alpha value is -2.38. The van der Waals surface area contributed by atoms with E-state index in [0.717, 1.165) is 12.0 Å². The molecule has 0 heterocycles. The fourth-order valence-corrected chi connectivity index (χ4v) is 3.48. The number of carbonyl (C=O) groups excluding carboxylic acids is 1. The average molecular weight is 376 g/mol. The van der Waals surface area contributed by atoms with Gasteiger partial charge >= 0.3 is 0 Å². The van der Waals surface area contributed by atoms with Crippen molar-refractivity contribution in [3.8, 4) is 0 Å². The summed E-state index contributed by atoms with van der Waals surface area (Å²) in [6.45, 7) is 4.54. The van der Waals surface area contributed by atoms with E-state index in [-0.39, 0.29) is 10.8 Å². The SMILES string of the molecule is CCc1ccc(NS(=O)(=O)c2ccc(C)c(C(=O)NCCOC)c2)cc1. The van der Waals surface area contributed by atoms with Gasteiger partial charge in [-0.2, -0.15) is 0 Å². The van der Waals surface area contributed by atoms with Crippen molar-refractivity contribution < 1.29 is 17.9 Å². The van der Waals surface area contributed by atoms with E-state index < -0.39 is 10.0 Å². The van der Waals surface area contributed by atoms with Crippen LogP contribution in [0.1, 0.15) is 28.4 Å². The first kappa shape index (κ1) is 19.9. The van der Waals surface area contributed by atoms with Gasteiger partial charge < -0.3 is 10.1 Å². The van der Waals surface area contributed by atoms with Crippen LogP contribution >= 0.6 is 0 Å². The summed E-state index contributed by atoms with van der Waals surface area (Å²) >= 11 is 0. The maximum absolute atomic E-state index is 12.6. The molecule has 0 atom stereocenters. The van der Waals surface area contributed by atoms with Crippen LogP contribution in [0.3, 0.4) is 0 Å². The lowest BCUT2D eigenvalue weighted by atomic mass is 10.1. The number of methoxy groups -OCH3 is 1. The number of carbonyl (C=O) groups is 1. The van der Waals surface area contributed by atoms with E-state index in [1.165, 1.54) is 12.1 Å². The van der Waals surface area contributed by atoms with E-state index in [0.29, 0.717) is 30.0 Å². The van der Waals surface area contributed by atoms with Crippen molar-refractivity contribution in [2.24, 2.45) is 0 Å². The molecule has 0 aliphatic carbocycles. The molecule has 0 aliphatic heterocycles. The quantitative estimate of drug-likeness (QED) is 0.694. The van der Waals surface area contributed by atoms with Gasteiger partial charge in [-0.1, -0.05) is 25.1 Å². The number of amides is 1. The monoisotopic (exact) mass is 376 g/mol. The smallest absolute Gasteiger partial charge is 0.261 e. The molecule has 1 amide bonds. The van der Waals surface area contributed by atoms with Crippen molar-refractivity contribution in [1.82, 2.24) is 5.32 Å². The van der Waals surface area contributed by atoms with Gasteiger partial charge in [0.05, 0.1) is 11.5 Å². The lowest BCUT2D eigenvalue weighted by Gasteiger charge is -2.12. The minimum Gasteiger partial charge on any atom is -0.383 e. The first-order valence-corrected chi connectivity index (χ1v) is 9.85. The number of nitrogens with one attached hydrogen (secondary N) is 2. The molecule has 140 valence electrons. The van der Waals surface area contributed by atoms with Gasteiger partial charge in [-0.15, -0.1) is 0 Å². The molecule has 0 aromatic heterocycles. The van der Waals surface area contributed by atoms with Gasteiger partial charge in [-0.05, 0) is 48.7 Å². The van der Waals surface area contributed by atoms with Gasteiger partial charge in [0.2, 0.25) is 0 Å². The second kappa shape index (κ2) is 8.82. The lowest BCUT2D eigenvalue weighted by Crippen LogP contribution is -2.28. The van der Waals surface area contributed by atoms with Crippen LogP contribution in [0.15, 0.2) is 47.4 Å². The summed E-state index contributed by atoms with van der Waals surface area (Å²) in [5.41, 5.74) is 2.63. The summed E-state index contributed by atoms with van der Waals surface area (Å²) < 4.78 is 32.7. The van der Waals surface area contributed by atoms with Gasteiger partial charge in [0, 0.05) is 24.9 Å². The van der Waals surface area contributed by atoms with Crippen LogP contribution in [-0.2, 0) is 21.2 Å². The zero-order chi connectivity index (χ0) is 19.2. The fraction of sp³-hybridized carbons (Fsp3) is 0.316. The third-order valence-electron chi connectivity index (χ3n) is 3.97. The Morgan fingerprint density at radius 1 is 1.12 bits per heavy atom. The summed E-state index contributed by atoms with van der Waals surface area (Å²) in [6.07, 6.45) is 0.881. The molecule has 0 saturated heterocycles. The van der Waals surface area contributed by atoms with E-state index in [1.54, 1.807) is 32.2 Å². The molecule has 2 aromatic rings. The number of ether oxygens (including phenoxy) is 1. The Kier molecular flexibility index (Phi) is 6.76. The Labute approximate surface area is 154 Å². The van der Waals surface area contributed by atoms with Crippen LogP contribution < -0.4 is 10.0 Å². The maximum Gasteiger partial charge on any atom is 0.261 e. The van der Waals surface area contributed by atoms with E-state index in [4.69, 9.17) is 4.74 Å². The highest BCUT2D eigenvalue weighted by molar-refractivity contribution is 7.92. The predicted molar refractivity (Wildman–Crippen MR) is 102 cm³/mol.